The molecule has 132 valence electrons. The maximum absolute atomic E-state index is 12.6. The van der Waals surface area contributed by atoms with Crippen LogP contribution < -0.4 is 20.3 Å². The number of aromatic nitrogens is 3. The van der Waals surface area contributed by atoms with Gasteiger partial charge in [0.15, 0.2) is 5.82 Å². The van der Waals surface area contributed by atoms with Crippen molar-refractivity contribution in [1.29, 1.82) is 0 Å². The first kappa shape index (κ1) is 16.9. The van der Waals surface area contributed by atoms with Crippen molar-refractivity contribution in [3.05, 3.63) is 29.2 Å². The molecule has 8 heteroatoms. The summed E-state index contributed by atoms with van der Waals surface area (Å²) >= 11 is 0. The number of hydrogen-bond acceptors (Lipinski definition) is 7. The third kappa shape index (κ3) is 2.73. The lowest BCUT2D eigenvalue weighted by Gasteiger charge is -2.39. The number of ether oxygens (including phenoxy) is 1. The van der Waals surface area contributed by atoms with Crippen LogP contribution in [0.2, 0.25) is 0 Å². The standard InChI is InChI=1S/C17H22N6O2/c1-9-6-19-12(10(2)14(9)25-5)8-23-11(3)16(24)22(4)13-7-20-17(18)21-15(13)23/h6-7,11H,8H2,1-5H3,(H2,18,20,21)/t11-/m1/s1. The molecular weight excluding hydrogens is 320 g/mol. The Labute approximate surface area is 146 Å². The summed E-state index contributed by atoms with van der Waals surface area (Å²) in [5, 5.41) is 0. The van der Waals surface area contributed by atoms with Crippen molar-refractivity contribution in [3.63, 3.8) is 0 Å². The number of carbonyl (C=O) groups is 1. The van der Waals surface area contributed by atoms with Gasteiger partial charge in [0.2, 0.25) is 11.9 Å². The first-order chi connectivity index (χ1) is 11.8. The van der Waals surface area contributed by atoms with Crippen LogP contribution in [0, 0.1) is 13.8 Å². The molecule has 0 spiro atoms. The van der Waals surface area contributed by atoms with E-state index in [4.69, 9.17) is 10.5 Å². The van der Waals surface area contributed by atoms with Crippen molar-refractivity contribution >= 4 is 23.4 Å². The quantitative estimate of drug-likeness (QED) is 0.901. The molecular formula is C17H22N6O2. The molecule has 0 unspecified atom stereocenters. The van der Waals surface area contributed by atoms with E-state index in [1.807, 2.05) is 25.7 Å². The average Bonchev–Trinajstić information content (AvgIpc) is 2.59. The van der Waals surface area contributed by atoms with Gasteiger partial charge in [-0.1, -0.05) is 0 Å². The molecule has 0 aromatic carbocycles. The highest BCUT2D eigenvalue weighted by Gasteiger charge is 2.35. The van der Waals surface area contributed by atoms with E-state index in [-0.39, 0.29) is 17.9 Å². The molecule has 2 N–H and O–H groups in total. The van der Waals surface area contributed by atoms with E-state index in [9.17, 15) is 4.79 Å². The predicted octanol–water partition coefficient (Wildman–Crippen LogP) is 1.45. The van der Waals surface area contributed by atoms with E-state index < -0.39 is 0 Å². The van der Waals surface area contributed by atoms with Crippen molar-refractivity contribution in [1.82, 2.24) is 15.0 Å². The van der Waals surface area contributed by atoms with Gasteiger partial charge in [-0.15, -0.1) is 0 Å². The zero-order valence-corrected chi connectivity index (χ0v) is 15.1. The van der Waals surface area contributed by atoms with Gasteiger partial charge in [0.05, 0.1) is 25.5 Å². The molecule has 3 rings (SSSR count). The molecule has 25 heavy (non-hydrogen) atoms. The molecule has 0 fully saturated rings. The van der Waals surface area contributed by atoms with Gasteiger partial charge in [-0.05, 0) is 20.8 Å². The third-order valence-corrected chi connectivity index (χ3v) is 4.63. The molecule has 0 saturated carbocycles. The lowest BCUT2D eigenvalue weighted by molar-refractivity contribution is -0.119. The summed E-state index contributed by atoms with van der Waals surface area (Å²) < 4.78 is 5.48. The zero-order valence-electron chi connectivity index (χ0n) is 15.1. The fraction of sp³-hybridized carbons (Fsp3) is 0.412. The second-order valence-electron chi connectivity index (χ2n) is 6.18. The molecule has 1 aliphatic rings. The van der Waals surface area contributed by atoms with Crippen molar-refractivity contribution in [2.45, 2.75) is 33.4 Å². The van der Waals surface area contributed by atoms with Crippen LogP contribution in [-0.2, 0) is 11.3 Å². The summed E-state index contributed by atoms with van der Waals surface area (Å²) in [7, 11) is 3.36. The maximum Gasteiger partial charge on any atom is 0.249 e. The topological polar surface area (TPSA) is 97.5 Å². The predicted molar refractivity (Wildman–Crippen MR) is 95.8 cm³/mol. The Hall–Kier alpha value is -2.90. The molecule has 2 aromatic heterocycles. The normalized spacial score (nSPS) is 16.8. The Morgan fingerprint density at radius 2 is 2.00 bits per heavy atom. The van der Waals surface area contributed by atoms with Gasteiger partial charge in [0.1, 0.15) is 17.5 Å². The number of carbonyl (C=O) groups excluding carboxylic acids is 1. The Bertz CT molecular complexity index is 838. The van der Waals surface area contributed by atoms with E-state index in [0.717, 1.165) is 22.6 Å². The van der Waals surface area contributed by atoms with E-state index in [1.54, 1.807) is 31.5 Å². The average molecular weight is 342 g/mol. The van der Waals surface area contributed by atoms with Gasteiger partial charge in [-0.2, -0.15) is 4.98 Å². The minimum absolute atomic E-state index is 0.0300. The minimum Gasteiger partial charge on any atom is -0.496 e. The fourth-order valence-corrected chi connectivity index (χ4v) is 3.15. The largest absolute Gasteiger partial charge is 0.496 e. The number of pyridine rings is 1. The lowest BCUT2D eigenvalue weighted by atomic mass is 10.1. The van der Waals surface area contributed by atoms with E-state index >= 15 is 0 Å². The van der Waals surface area contributed by atoms with Gasteiger partial charge in [-0.25, -0.2) is 4.98 Å². The van der Waals surface area contributed by atoms with Crippen molar-refractivity contribution < 1.29 is 9.53 Å². The number of nitrogen functional groups attached to an aromatic ring is 1. The van der Waals surface area contributed by atoms with E-state index in [1.165, 1.54) is 0 Å². The van der Waals surface area contributed by atoms with Crippen LogP contribution in [-0.4, -0.2) is 41.1 Å². The van der Waals surface area contributed by atoms with Gasteiger partial charge in [-0.3, -0.25) is 9.78 Å². The number of nitrogens with zero attached hydrogens (tertiary/aromatic N) is 5. The monoisotopic (exact) mass is 342 g/mol. The Morgan fingerprint density at radius 1 is 1.28 bits per heavy atom. The summed E-state index contributed by atoms with van der Waals surface area (Å²) in [6, 6.07) is -0.389. The number of anilines is 3. The van der Waals surface area contributed by atoms with Crippen molar-refractivity contribution in [2.24, 2.45) is 0 Å². The van der Waals surface area contributed by atoms with Gasteiger partial charge in [0, 0.05) is 24.4 Å². The summed E-state index contributed by atoms with van der Waals surface area (Å²) in [5.41, 5.74) is 9.15. The van der Waals surface area contributed by atoms with Crippen molar-refractivity contribution in [2.75, 3.05) is 29.7 Å². The van der Waals surface area contributed by atoms with Crippen LogP contribution in [0.4, 0.5) is 17.5 Å². The molecule has 0 bridgehead atoms. The number of fused-ring (bicyclic) bond motifs is 1. The molecule has 0 radical (unpaired) electrons. The summed E-state index contributed by atoms with van der Waals surface area (Å²) in [5.74, 6) is 1.57. The molecule has 1 atom stereocenters. The number of methoxy groups -OCH3 is 1. The fourth-order valence-electron chi connectivity index (χ4n) is 3.15. The van der Waals surface area contributed by atoms with Crippen molar-refractivity contribution in [3.8, 4) is 5.75 Å². The molecule has 8 nitrogen and oxygen atoms in total. The highest BCUT2D eigenvalue weighted by Crippen LogP contribution is 2.35. The second-order valence-corrected chi connectivity index (χ2v) is 6.18. The second kappa shape index (κ2) is 6.19. The highest BCUT2D eigenvalue weighted by molar-refractivity contribution is 6.04. The molecule has 3 heterocycles. The Balaban J connectivity index is 2.07. The Kier molecular flexibility index (Phi) is 4.20. The van der Waals surface area contributed by atoms with Crippen LogP contribution in [0.25, 0.3) is 0 Å². The summed E-state index contributed by atoms with van der Waals surface area (Å²) in [6.07, 6.45) is 3.35. The van der Waals surface area contributed by atoms with Crippen LogP contribution >= 0.6 is 0 Å². The molecule has 1 aliphatic heterocycles. The van der Waals surface area contributed by atoms with Crippen LogP contribution in [0.15, 0.2) is 12.4 Å². The summed E-state index contributed by atoms with van der Waals surface area (Å²) in [6.45, 7) is 6.19. The number of nitrogens with two attached hydrogens (primary N) is 1. The summed E-state index contributed by atoms with van der Waals surface area (Å²) in [4.78, 5) is 29.0. The molecule has 0 saturated heterocycles. The van der Waals surface area contributed by atoms with Gasteiger partial charge in [0.25, 0.3) is 0 Å². The maximum atomic E-state index is 12.6. The molecule has 0 aliphatic carbocycles. The number of amides is 1. The number of aryl methyl sites for hydroxylation is 1. The van der Waals surface area contributed by atoms with E-state index in [0.29, 0.717) is 18.1 Å². The molecule has 2 aromatic rings. The number of hydrogen-bond donors (Lipinski definition) is 1. The van der Waals surface area contributed by atoms with Gasteiger partial charge < -0.3 is 20.3 Å². The zero-order chi connectivity index (χ0) is 18.3. The first-order valence-corrected chi connectivity index (χ1v) is 8.01. The SMILES string of the molecule is COc1c(C)cnc(CN2c3nc(N)ncc3N(C)C(=O)[C@H]2C)c1C. The molecule has 1 amide bonds. The smallest absolute Gasteiger partial charge is 0.249 e. The number of likely N-dealkylation sites (N-methyl/N-ethyl adjacent to an activating group) is 1. The Morgan fingerprint density at radius 3 is 2.68 bits per heavy atom. The number of rotatable bonds is 3. The minimum atomic E-state index is -0.389. The van der Waals surface area contributed by atoms with Crippen LogP contribution in [0.5, 0.6) is 5.75 Å². The van der Waals surface area contributed by atoms with Crippen LogP contribution in [0.3, 0.4) is 0 Å². The first-order valence-electron chi connectivity index (χ1n) is 8.01. The van der Waals surface area contributed by atoms with Crippen LogP contribution in [0.1, 0.15) is 23.7 Å². The van der Waals surface area contributed by atoms with Gasteiger partial charge >= 0.3 is 0 Å². The lowest BCUT2D eigenvalue weighted by Crippen LogP contribution is -2.51. The van der Waals surface area contributed by atoms with E-state index in [2.05, 4.69) is 15.0 Å². The third-order valence-electron chi connectivity index (χ3n) is 4.63. The highest BCUT2D eigenvalue weighted by atomic mass is 16.5.